The van der Waals surface area contributed by atoms with Crippen molar-refractivity contribution in [3.05, 3.63) is 28.2 Å². The Morgan fingerprint density at radius 2 is 1.94 bits per heavy atom. The summed E-state index contributed by atoms with van der Waals surface area (Å²) in [5, 5.41) is 9.50. The standard InChI is InChI=1S/C10H14BrNO4Si.Pd/c11-9-2-3-10(13)8(6-9)7-12-4-1-5-17(14,15)16;/h2-3,6-7,13-16H,1,4-5H2;. The van der Waals surface area contributed by atoms with E-state index < -0.39 is 8.80 Å². The van der Waals surface area contributed by atoms with Crippen LogP contribution in [0.15, 0.2) is 27.7 Å². The van der Waals surface area contributed by atoms with E-state index >= 15 is 0 Å². The molecule has 5 nitrogen and oxygen atoms in total. The summed E-state index contributed by atoms with van der Waals surface area (Å²) in [5.41, 5.74) is 0.583. The number of hydrogen-bond acceptors (Lipinski definition) is 5. The molecule has 0 aromatic heterocycles. The number of phenolic OH excluding ortho intramolecular Hbond substituents is 1. The van der Waals surface area contributed by atoms with Gasteiger partial charge in [0, 0.05) is 49.3 Å². The predicted molar refractivity (Wildman–Crippen MR) is 70.1 cm³/mol. The molecule has 0 atom stereocenters. The summed E-state index contributed by atoms with van der Waals surface area (Å²) in [4.78, 5) is 30.3. The zero-order valence-electron chi connectivity index (χ0n) is 9.36. The molecule has 1 aromatic rings. The molecular weight excluding hydrogens is 413 g/mol. The van der Waals surface area contributed by atoms with Crippen LogP contribution in [0, 0.1) is 0 Å². The zero-order chi connectivity index (χ0) is 12.9. The maximum Gasteiger partial charge on any atom is 0.492 e. The number of hydrogen-bond donors (Lipinski definition) is 4. The van der Waals surface area contributed by atoms with Gasteiger partial charge in [-0.1, -0.05) is 15.9 Å². The summed E-state index contributed by atoms with van der Waals surface area (Å²) in [7, 11) is -3.94. The summed E-state index contributed by atoms with van der Waals surface area (Å²) >= 11 is 3.28. The molecule has 104 valence electrons. The molecule has 0 bridgehead atoms. The Morgan fingerprint density at radius 3 is 2.56 bits per heavy atom. The smallest absolute Gasteiger partial charge is 0.492 e. The zero-order valence-corrected chi connectivity index (χ0v) is 13.5. The first kappa shape index (κ1) is 17.9. The van der Waals surface area contributed by atoms with E-state index in [1.807, 2.05) is 0 Å². The van der Waals surface area contributed by atoms with Crippen molar-refractivity contribution in [1.82, 2.24) is 0 Å². The predicted octanol–water partition coefficient (Wildman–Crippen LogP) is 0.877. The fraction of sp³-hybridized carbons (Fsp3) is 0.300. The van der Waals surface area contributed by atoms with Gasteiger partial charge < -0.3 is 19.5 Å². The first-order valence-corrected chi connectivity index (χ1v) is 7.88. The van der Waals surface area contributed by atoms with E-state index in [1.165, 1.54) is 6.21 Å². The fourth-order valence-corrected chi connectivity index (χ4v) is 2.21. The maximum absolute atomic E-state index is 9.50. The van der Waals surface area contributed by atoms with Gasteiger partial charge in [-0.3, -0.25) is 4.99 Å². The van der Waals surface area contributed by atoms with Gasteiger partial charge in [-0.05, 0) is 24.6 Å². The summed E-state index contributed by atoms with van der Waals surface area (Å²) in [6, 6.07) is 4.96. The molecule has 0 spiro atoms. The third kappa shape index (κ3) is 7.38. The maximum atomic E-state index is 9.50. The second-order valence-corrected chi connectivity index (χ2v) is 6.58. The van der Waals surface area contributed by atoms with Crippen molar-refractivity contribution in [3.63, 3.8) is 0 Å². The topological polar surface area (TPSA) is 93.3 Å². The van der Waals surface area contributed by atoms with Gasteiger partial charge in [0.2, 0.25) is 0 Å². The molecule has 1 aromatic carbocycles. The Morgan fingerprint density at radius 1 is 1.28 bits per heavy atom. The van der Waals surface area contributed by atoms with Gasteiger partial charge in [-0.15, -0.1) is 0 Å². The second kappa shape index (κ2) is 8.17. The van der Waals surface area contributed by atoms with Crippen LogP contribution in [0.4, 0.5) is 0 Å². The molecule has 1 rings (SSSR count). The van der Waals surface area contributed by atoms with E-state index in [-0.39, 0.29) is 32.2 Å². The molecule has 8 heteroatoms. The van der Waals surface area contributed by atoms with Crippen molar-refractivity contribution in [1.29, 1.82) is 0 Å². The molecule has 0 fully saturated rings. The van der Waals surface area contributed by atoms with Gasteiger partial charge in [0.15, 0.2) is 0 Å². The summed E-state index contributed by atoms with van der Waals surface area (Å²) in [5.74, 6) is 0.132. The molecule has 0 saturated carbocycles. The van der Waals surface area contributed by atoms with Crippen molar-refractivity contribution in [2.24, 2.45) is 4.99 Å². The molecule has 0 heterocycles. The van der Waals surface area contributed by atoms with Crippen molar-refractivity contribution in [3.8, 4) is 5.75 Å². The largest absolute Gasteiger partial charge is 0.507 e. The Kier molecular flexibility index (Phi) is 8.14. The minimum atomic E-state index is -3.94. The molecule has 18 heavy (non-hydrogen) atoms. The SMILES string of the molecule is Oc1ccc(Br)cc1C=NCCC[Si](O)(O)O.[Pd]. The molecule has 0 saturated heterocycles. The van der Waals surface area contributed by atoms with Gasteiger partial charge in [0.05, 0.1) is 0 Å². The van der Waals surface area contributed by atoms with E-state index in [9.17, 15) is 5.11 Å². The van der Waals surface area contributed by atoms with Crippen LogP contribution in [0.3, 0.4) is 0 Å². The van der Waals surface area contributed by atoms with Crippen molar-refractivity contribution < 1.29 is 39.9 Å². The quantitative estimate of drug-likeness (QED) is 0.319. The number of halogens is 1. The van der Waals surface area contributed by atoms with Crippen LogP contribution in [0.2, 0.25) is 6.04 Å². The molecule has 0 aliphatic rings. The summed E-state index contributed by atoms with van der Waals surface area (Å²) in [6.07, 6.45) is 1.90. The van der Waals surface area contributed by atoms with Crippen molar-refractivity contribution in [2.45, 2.75) is 12.5 Å². The van der Waals surface area contributed by atoms with Crippen molar-refractivity contribution >= 4 is 30.9 Å². The Balaban J connectivity index is 0.00000289. The van der Waals surface area contributed by atoms with Gasteiger partial charge in [-0.2, -0.15) is 0 Å². The van der Waals surface area contributed by atoms with Gasteiger partial charge >= 0.3 is 8.80 Å². The van der Waals surface area contributed by atoms with Gasteiger partial charge in [0.1, 0.15) is 5.75 Å². The number of phenols is 1. The molecule has 0 aliphatic carbocycles. The van der Waals surface area contributed by atoms with Crippen LogP contribution in [0.1, 0.15) is 12.0 Å². The monoisotopic (exact) mass is 425 g/mol. The van der Waals surface area contributed by atoms with Crippen LogP contribution < -0.4 is 0 Å². The van der Waals surface area contributed by atoms with Crippen LogP contribution in [0.5, 0.6) is 5.75 Å². The van der Waals surface area contributed by atoms with Crippen LogP contribution in [-0.4, -0.2) is 41.1 Å². The third-order valence-electron chi connectivity index (χ3n) is 2.02. The van der Waals surface area contributed by atoms with Crippen molar-refractivity contribution in [2.75, 3.05) is 6.54 Å². The number of benzene rings is 1. The average Bonchev–Trinajstić information content (AvgIpc) is 2.21. The fourth-order valence-electron chi connectivity index (χ4n) is 1.20. The van der Waals surface area contributed by atoms with Crippen LogP contribution in [-0.2, 0) is 20.4 Å². The van der Waals surface area contributed by atoms with E-state index in [1.54, 1.807) is 18.2 Å². The Labute approximate surface area is 128 Å². The molecule has 0 amide bonds. The Hall–Kier alpha value is -0.0708. The average molecular weight is 427 g/mol. The molecule has 4 N–H and O–H groups in total. The van der Waals surface area contributed by atoms with E-state index in [4.69, 9.17) is 14.4 Å². The molecule has 0 radical (unpaired) electrons. The number of aromatic hydroxyl groups is 1. The number of rotatable bonds is 5. The third-order valence-corrected chi connectivity index (χ3v) is 3.54. The van der Waals surface area contributed by atoms with Crippen LogP contribution in [0.25, 0.3) is 0 Å². The van der Waals surface area contributed by atoms with E-state index in [2.05, 4.69) is 20.9 Å². The minimum Gasteiger partial charge on any atom is -0.507 e. The molecule has 0 unspecified atom stereocenters. The first-order valence-electron chi connectivity index (χ1n) is 5.04. The Bertz CT molecular complexity index is 411. The van der Waals surface area contributed by atoms with E-state index in [0.717, 1.165) is 4.47 Å². The summed E-state index contributed by atoms with van der Waals surface area (Å²) < 4.78 is 0.837. The first-order chi connectivity index (χ1) is 7.88. The number of nitrogens with zero attached hydrogens (tertiary/aromatic N) is 1. The minimum absolute atomic E-state index is 0. The second-order valence-electron chi connectivity index (χ2n) is 3.62. The van der Waals surface area contributed by atoms with Gasteiger partial charge in [-0.25, -0.2) is 0 Å². The van der Waals surface area contributed by atoms with Crippen LogP contribution >= 0.6 is 15.9 Å². The molecular formula is C10H14BrNO4PdSi. The molecule has 0 aliphatic heterocycles. The van der Waals surface area contributed by atoms with E-state index in [0.29, 0.717) is 18.5 Å². The summed E-state index contributed by atoms with van der Waals surface area (Å²) in [6.45, 7) is 0.363. The van der Waals surface area contributed by atoms with Gasteiger partial charge in [0.25, 0.3) is 0 Å². The number of aliphatic imine (C=N–C) groups is 1. The normalized spacial score (nSPS) is 11.6.